The van der Waals surface area contributed by atoms with Gasteiger partial charge in [0.2, 0.25) is 0 Å². The fraction of sp³-hybridized carbons (Fsp3) is 0.400. The third-order valence-corrected chi connectivity index (χ3v) is 3.63. The van der Waals surface area contributed by atoms with E-state index in [0.717, 1.165) is 0 Å². The molecule has 0 aliphatic rings. The highest BCUT2D eigenvalue weighted by Crippen LogP contribution is 2.27. The fourth-order valence-electron chi connectivity index (χ4n) is 0.653. The maximum atomic E-state index is 6.06. The van der Waals surface area contributed by atoms with Crippen LogP contribution in [0.25, 0.3) is 0 Å². The Bertz CT molecular complexity index is 265. The minimum atomic E-state index is -0.719. The molecule has 0 N–H and O–H groups in total. The smallest absolute Gasteiger partial charge is 0.116 e. The zero-order valence-electron chi connectivity index (χ0n) is 8.06. The van der Waals surface area contributed by atoms with Gasteiger partial charge in [-0.25, -0.2) is 0 Å². The molecule has 0 aliphatic heterocycles. The summed E-state index contributed by atoms with van der Waals surface area (Å²) in [4.78, 5) is -1.41. The molecule has 5 heteroatoms. The van der Waals surface area contributed by atoms with Gasteiger partial charge in [0.25, 0.3) is 0 Å². The van der Waals surface area contributed by atoms with Crippen molar-refractivity contribution in [2.45, 2.75) is 22.0 Å². The Morgan fingerprint density at radius 2 is 1.87 bits per heavy atom. The molecule has 0 fully saturated rings. The third-order valence-electron chi connectivity index (χ3n) is 1.77. The zero-order valence-corrected chi connectivity index (χ0v) is 11.8. The summed E-state index contributed by atoms with van der Waals surface area (Å²) in [6.07, 6.45) is 4.88. The average Bonchev–Trinajstić information content (AvgIpc) is 2.17. The van der Waals surface area contributed by atoms with Crippen LogP contribution in [0, 0.1) is 0 Å². The molecule has 0 aromatic heterocycles. The summed E-state index contributed by atoms with van der Waals surface area (Å²) < 4.78 is 0. The first-order valence-electron chi connectivity index (χ1n) is 4.08. The van der Waals surface area contributed by atoms with Crippen molar-refractivity contribution in [3.63, 3.8) is 0 Å². The second-order valence-corrected chi connectivity index (χ2v) is 5.63. The van der Waals surface area contributed by atoms with Crippen molar-refractivity contribution in [2.75, 3.05) is 0 Å². The lowest BCUT2D eigenvalue weighted by atomic mass is 10.1. The van der Waals surface area contributed by atoms with Crippen LogP contribution < -0.4 is 0 Å². The van der Waals surface area contributed by atoms with Crippen molar-refractivity contribution in [1.29, 1.82) is 0 Å². The van der Waals surface area contributed by atoms with Gasteiger partial charge in [-0.05, 0) is 12.5 Å². The molecule has 15 heavy (non-hydrogen) atoms. The van der Waals surface area contributed by atoms with Gasteiger partial charge in [0.1, 0.15) is 4.84 Å². The Labute approximate surface area is 115 Å². The summed E-state index contributed by atoms with van der Waals surface area (Å²) in [6, 6.07) is 0. The van der Waals surface area contributed by atoms with Crippen LogP contribution >= 0.6 is 58.0 Å². The highest BCUT2D eigenvalue weighted by molar-refractivity contribution is 6.47. The first-order chi connectivity index (χ1) is 6.85. The van der Waals surface area contributed by atoms with E-state index in [0.29, 0.717) is 5.57 Å². The summed E-state index contributed by atoms with van der Waals surface area (Å²) in [5.74, 6) is 0. The number of allylic oxidation sites excluding steroid dienone is 4. The lowest BCUT2D eigenvalue weighted by Gasteiger charge is -2.20. The second kappa shape index (κ2) is 7.09. The number of rotatable bonds is 5. The summed E-state index contributed by atoms with van der Waals surface area (Å²) in [6.45, 7) is 5.35. The Morgan fingerprint density at radius 3 is 2.20 bits per heavy atom. The van der Waals surface area contributed by atoms with Crippen LogP contribution in [0.2, 0.25) is 0 Å². The van der Waals surface area contributed by atoms with E-state index in [2.05, 4.69) is 6.58 Å². The molecule has 0 spiro atoms. The molecule has 0 amide bonds. The number of hydrogen-bond donors (Lipinski definition) is 0. The van der Waals surface area contributed by atoms with E-state index in [1.54, 1.807) is 25.2 Å². The quantitative estimate of drug-likeness (QED) is 0.369. The third kappa shape index (κ3) is 5.51. The highest BCUT2D eigenvalue weighted by atomic mass is 35.5. The topological polar surface area (TPSA) is 0 Å². The monoisotopic (exact) mass is 306 g/mol. The largest absolute Gasteiger partial charge is 0.133 e. The SMILES string of the molecule is C=C[C@](C)(Cl)[C@H](Cl)/C=C/C(=C\Cl)C(Cl)Cl. The molecule has 86 valence electrons. The molecule has 0 aromatic rings. The Balaban J connectivity index is 4.60. The van der Waals surface area contributed by atoms with E-state index in [4.69, 9.17) is 58.0 Å². The van der Waals surface area contributed by atoms with Crippen molar-refractivity contribution in [3.05, 3.63) is 35.9 Å². The summed E-state index contributed by atoms with van der Waals surface area (Å²) in [7, 11) is 0. The maximum absolute atomic E-state index is 6.06. The molecule has 0 bridgehead atoms. The van der Waals surface area contributed by atoms with Crippen molar-refractivity contribution < 1.29 is 0 Å². The van der Waals surface area contributed by atoms with E-state index in [-0.39, 0.29) is 0 Å². The summed E-state index contributed by atoms with van der Waals surface area (Å²) >= 11 is 28.9. The Morgan fingerprint density at radius 1 is 1.33 bits per heavy atom. The van der Waals surface area contributed by atoms with E-state index in [1.165, 1.54) is 5.54 Å². The minimum Gasteiger partial charge on any atom is -0.116 e. The van der Waals surface area contributed by atoms with Crippen LogP contribution in [0.5, 0.6) is 0 Å². The molecule has 0 aliphatic carbocycles. The van der Waals surface area contributed by atoms with Crippen LogP contribution in [0.1, 0.15) is 6.92 Å². The normalized spacial score (nSPS) is 19.3. The first-order valence-corrected chi connectivity index (χ1v) is 6.20. The molecular weight excluding hydrogens is 297 g/mol. The molecule has 0 radical (unpaired) electrons. The predicted octanol–water partition coefficient (Wildman–Crippen LogP) is 5.26. The fourth-order valence-corrected chi connectivity index (χ4v) is 1.49. The van der Waals surface area contributed by atoms with Gasteiger partial charge < -0.3 is 0 Å². The Hall–Kier alpha value is 0.670. The Kier molecular flexibility index (Phi) is 7.40. The van der Waals surface area contributed by atoms with E-state index < -0.39 is 15.1 Å². The molecular formula is C10H11Cl5. The van der Waals surface area contributed by atoms with Crippen LogP contribution in [-0.4, -0.2) is 15.1 Å². The number of hydrogen-bond acceptors (Lipinski definition) is 0. The molecule has 0 saturated carbocycles. The number of halogens is 5. The molecule has 2 atom stereocenters. The van der Waals surface area contributed by atoms with Crippen molar-refractivity contribution in [3.8, 4) is 0 Å². The van der Waals surface area contributed by atoms with E-state index in [1.807, 2.05) is 0 Å². The van der Waals surface area contributed by atoms with Crippen LogP contribution in [-0.2, 0) is 0 Å². The van der Waals surface area contributed by atoms with Gasteiger partial charge in [-0.1, -0.05) is 29.8 Å². The predicted molar refractivity (Wildman–Crippen MR) is 72.7 cm³/mol. The minimum absolute atomic E-state index is 0.421. The van der Waals surface area contributed by atoms with Gasteiger partial charge in [-0.3, -0.25) is 0 Å². The van der Waals surface area contributed by atoms with Gasteiger partial charge >= 0.3 is 0 Å². The molecule has 0 aromatic carbocycles. The second-order valence-electron chi connectivity index (χ2n) is 3.03. The van der Waals surface area contributed by atoms with Crippen molar-refractivity contribution >= 4 is 58.0 Å². The zero-order chi connectivity index (χ0) is 12.1. The lowest BCUT2D eigenvalue weighted by molar-refractivity contribution is 0.801. The average molecular weight is 308 g/mol. The first kappa shape index (κ1) is 15.7. The van der Waals surface area contributed by atoms with Crippen LogP contribution in [0.15, 0.2) is 35.9 Å². The summed E-state index contributed by atoms with van der Waals surface area (Å²) in [5.41, 5.74) is 1.85. The van der Waals surface area contributed by atoms with Crippen LogP contribution in [0.3, 0.4) is 0 Å². The van der Waals surface area contributed by atoms with Gasteiger partial charge in [0.05, 0.1) is 10.3 Å². The standard InChI is InChI=1S/C10H11Cl5/c1-3-10(2,15)8(12)5-4-7(6-11)9(13)14/h3-6,8-9H,1H2,2H3/b5-4+,7-6+/t8-,10+/m1/s1. The van der Waals surface area contributed by atoms with Gasteiger partial charge in [-0.15, -0.1) is 53.0 Å². The van der Waals surface area contributed by atoms with Gasteiger partial charge in [0.15, 0.2) is 0 Å². The highest BCUT2D eigenvalue weighted by Gasteiger charge is 2.24. The van der Waals surface area contributed by atoms with Crippen molar-refractivity contribution in [1.82, 2.24) is 0 Å². The molecule has 0 unspecified atom stereocenters. The van der Waals surface area contributed by atoms with E-state index >= 15 is 0 Å². The molecule has 0 heterocycles. The number of alkyl halides is 4. The molecule has 0 rings (SSSR count). The van der Waals surface area contributed by atoms with Crippen LogP contribution in [0.4, 0.5) is 0 Å². The van der Waals surface area contributed by atoms with Gasteiger partial charge in [0, 0.05) is 5.54 Å². The lowest BCUT2D eigenvalue weighted by Crippen LogP contribution is -2.24. The molecule has 0 nitrogen and oxygen atoms in total. The molecule has 0 saturated heterocycles. The van der Waals surface area contributed by atoms with E-state index in [9.17, 15) is 0 Å². The van der Waals surface area contributed by atoms with Crippen molar-refractivity contribution in [2.24, 2.45) is 0 Å². The maximum Gasteiger partial charge on any atom is 0.133 e. The summed E-state index contributed by atoms with van der Waals surface area (Å²) in [5, 5.41) is -0.421. The van der Waals surface area contributed by atoms with Gasteiger partial charge in [-0.2, -0.15) is 0 Å².